The Morgan fingerprint density at radius 1 is 0.971 bits per heavy atom. The molecule has 0 spiro atoms. The van der Waals surface area contributed by atoms with Gasteiger partial charge in [-0.05, 0) is 54.8 Å². The molecule has 0 aromatic heterocycles. The molecule has 0 aliphatic carbocycles. The second kappa shape index (κ2) is 15.7. The molecule has 2 rings (SSSR count). The summed E-state index contributed by atoms with van der Waals surface area (Å²) in [6, 6.07) is 11.9. The molecule has 5 N–H and O–H groups in total. The molecule has 196 valence electrons. The normalized spacial score (nSPS) is 12.5. The topological polar surface area (TPSA) is 137 Å². The first-order chi connectivity index (χ1) is 16.8. The number of benzene rings is 2. The molecule has 35 heavy (non-hydrogen) atoms. The molecule has 1 atom stereocenters. The van der Waals surface area contributed by atoms with E-state index in [1.807, 2.05) is 6.07 Å². The van der Waals surface area contributed by atoms with Gasteiger partial charge in [0.15, 0.2) is 0 Å². The van der Waals surface area contributed by atoms with Gasteiger partial charge < -0.3 is 30.1 Å². The summed E-state index contributed by atoms with van der Waals surface area (Å²) < 4.78 is 36.2. The van der Waals surface area contributed by atoms with Crippen LogP contribution in [-0.4, -0.2) is 62.9 Å². The average molecular weight is 511 g/mol. The number of hydrogen-bond acceptors (Lipinski definition) is 8. The Labute approximate surface area is 208 Å². The van der Waals surface area contributed by atoms with Gasteiger partial charge in [-0.3, -0.25) is 4.72 Å². The van der Waals surface area contributed by atoms with Crippen LogP contribution in [0.5, 0.6) is 5.75 Å². The summed E-state index contributed by atoms with van der Waals surface area (Å²) in [5.41, 5.74) is 2.48. The molecular formula is C25H38N2O7S. The first-order valence-electron chi connectivity index (χ1n) is 11.8. The number of hydrogen-bond donors (Lipinski definition) is 5. The third kappa shape index (κ3) is 12.4. The predicted octanol–water partition coefficient (Wildman–Crippen LogP) is 2.67. The molecule has 0 amide bonds. The number of sulfonamides is 1. The smallest absolute Gasteiger partial charge is 0.229 e. The van der Waals surface area contributed by atoms with Gasteiger partial charge in [-0.1, -0.05) is 31.0 Å². The van der Waals surface area contributed by atoms with Crippen LogP contribution in [0, 0.1) is 0 Å². The van der Waals surface area contributed by atoms with Crippen molar-refractivity contribution < 1.29 is 33.2 Å². The largest absolute Gasteiger partial charge is 0.508 e. The zero-order chi connectivity index (χ0) is 25.5. The van der Waals surface area contributed by atoms with E-state index in [4.69, 9.17) is 9.47 Å². The lowest BCUT2D eigenvalue weighted by Gasteiger charge is -2.14. The highest BCUT2D eigenvalue weighted by Crippen LogP contribution is 2.22. The van der Waals surface area contributed by atoms with Crippen LogP contribution in [0.1, 0.15) is 48.5 Å². The van der Waals surface area contributed by atoms with Crippen molar-refractivity contribution in [3.63, 3.8) is 0 Å². The van der Waals surface area contributed by atoms with Gasteiger partial charge in [0.05, 0.1) is 38.8 Å². The van der Waals surface area contributed by atoms with Crippen molar-refractivity contribution in [1.82, 2.24) is 5.32 Å². The molecule has 2 aromatic carbocycles. The maximum Gasteiger partial charge on any atom is 0.229 e. The standard InChI is InChI=1S/C25H38N2O7S/c1-35(31,32)27-23-8-6-7-20(15-23)19-34-14-13-33-12-5-3-2-4-11-26-17-25(30)21-9-10-24(29)22(16-21)18-28/h6-10,15-16,25-30H,2-5,11-14,17-19H2,1H3/t25-/m0/s1. The fraction of sp³-hybridized carbons (Fsp3) is 0.520. The first-order valence-corrected chi connectivity index (χ1v) is 13.7. The number of ether oxygens (including phenoxy) is 2. The van der Waals surface area contributed by atoms with Crippen molar-refractivity contribution in [2.75, 3.05) is 43.9 Å². The van der Waals surface area contributed by atoms with E-state index >= 15 is 0 Å². The molecule has 0 aliphatic heterocycles. The highest BCUT2D eigenvalue weighted by atomic mass is 32.2. The highest BCUT2D eigenvalue weighted by Gasteiger charge is 2.10. The highest BCUT2D eigenvalue weighted by molar-refractivity contribution is 7.92. The fourth-order valence-corrected chi connectivity index (χ4v) is 4.01. The number of rotatable bonds is 18. The van der Waals surface area contributed by atoms with Gasteiger partial charge in [0.2, 0.25) is 10.0 Å². The monoisotopic (exact) mass is 510 g/mol. The summed E-state index contributed by atoms with van der Waals surface area (Å²) in [6.45, 7) is 3.00. The summed E-state index contributed by atoms with van der Waals surface area (Å²) in [4.78, 5) is 0. The van der Waals surface area contributed by atoms with Gasteiger partial charge in [0, 0.05) is 24.4 Å². The van der Waals surface area contributed by atoms with Gasteiger partial charge in [0.1, 0.15) is 5.75 Å². The molecule has 0 radical (unpaired) electrons. The molecule has 0 unspecified atom stereocenters. The van der Waals surface area contributed by atoms with Gasteiger partial charge in [-0.25, -0.2) is 8.42 Å². The van der Waals surface area contributed by atoms with Crippen molar-refractivity contribution in [2.24, 2.45) is 0 Å². The maximum atomic E-state index is 11.3. The zero-order valence-electron chi connectivity index (χ0n) is 20.3. The van der Waals surface area contributed by atoms with Gasteiger partial charge >= 0.3 is 0 Å². The van der Waals surface area contributed by atoms with Crippen LogP contribution in [0.2, 0.25) is 0 Å². The lowest BCUT2D eigenvalue weighted by molar-refractivity contribution is 0.0393. The zero-order valence-corrected chi connectivity index (χ0v) is 21.1. The van der Waals surface area contributed by atoms with Crippen LogP contribution in [0.3, 0.4) is 0 Å². The number of phenols is 1. The average Bonchev–Trinajstić information content (AvgIpc) is 2.81. The van der Waals surface area contributed by atoms with Crippen LogP contribution in [0.25, 0.3) is 0 Å². The second-order valence-corrected chi connectivity index (χ2v) is 10.2. The van der Waals surface area contributed by atoms with Crippen molar-refractivity contribution in [1.29, 1.82) is 0 Å². The Morgan fingerprint density at radius 3 is 2.51 bits per heavy atom. The van der Waals surface area contributed by atoms with Crippen LogP contribution in [-0.2, 0) is 32.7 Å². The number of unbranched alkanes of at least 4 members (excludes halogenated alkanes) is 3. The lowest BCUT2D eigenvalue weighted by Crippen LogP contribution is -2.22. The second-order valence-electron chi connectivity index (χ2n) is 8.42. The lowest BCUT2D eigenvalue weighted by atomic mass is 10.1. The number of aliphatic hydroxyl groups is 2. The third-order valence-corrected chi connectivity index (χ3v) is 5.87. The molecule has 0 fully saturated rings. The minimum absolute atomic E-state index is 0.0277. The minimum atomic E-state index is -3.30. The first kappa shape index (κ1) is 29.0. The molecule has 9 nitrogen and oxygen atoms in total. The minimum Gasteiger partial charge on any atom is -0.508 e. The van der Waals surface area contributed by atoms with Crippen molar-refractivity contribution >= 4 is 15.7 Å². The van der Waals surface area contributed by atoms with Crippen LogP contribution in [0.4, 0.5) is 5.69 Å². The summed E-state index contributed by atoms with van der Waals surface area (Å²) >= 11 is 0. The van der Waals surface area contributed by atoms with E-state index in [9.17, 15) is 23.7 Å². The summed E-state index contributed by atoms with van der Waals surface area (Å²) in [5.74, 6) is 0.0277. The van der Waals surface area contributed by atoms with E-state index in [0.717, 1.165) is 44.0 Å². The molecule has 10 heteroatoms. The molecule has 0 heterocycles. The van der Waals surface area contributed by atoms with E-state index in [1.54, 1.807) is 30.3 Å². The summed E-state index contributed by atoms with van der Waals surface area (Å²) in [6.07, 6.45) is 4.52. The quantitative estimate of drug-likeness (QED) is 0.193. The molecule has 0 saturated carbocycles. The maximum absolute atomic E-state index is 11.3. The summed E-state index contributed by atoms with van der Waals surface area (Å²) in [5, 5.41) is 32.3. The van der Waals surface area contributed by atoms with E-state index in [2.05, 4.69) is 10.0 Å². The molecule has 2 aromatic rings. The van der Waals surface area contributed by atoms with E-state index in [0.29, 0.717) is 49.8 Å². The van der Waals surface area contributed by atoms with Gasteiger partial charge in [-0.2, -0.15) is 0 Å². The predicted molar refractivity (Wildman–Crippen MR) is 136 cm³/mol. The van der Waals surface area contributed by atoms with Crippen molar-refractivity contribution in [3.05, 3.63) is 59.2 Å². The van der Waals surface area contributed by atoms with Crippen molar-refractivity contribution in [2.45, 2.75) is 45.0 Å². The molecule has 0 aliphatic rings. The number of aromatic hydroxyl groups is 1. The molecule has 0 bridgehead atoms. The Kier molecular flexibility index (Phi) is 13.0. The Morgan fingerprint density at radius 2 is 1.74 bits per heavy atom. The number of anilines is 1. The van der Waals surface area contributed by atoms with Crippen LogP contribution >= 0.6 is 0 Å². The van der Waals surface area contributed by atoms with E-state index in [1.165, 1.54) is 6.07 Å². The van der Waals surface area contributed by atoms with E-state index < -0.39 is 16.1 Å². The SMILES string of the molecule is CS(=O)(=O)Nc1cccc(COCCOCCCCCCNC[C@H](O)c2ccc(O)c(CO)c2)c1. The number of nitrogens with one attached hydrogen (secondary N) is 2. The van der Waals surface area contributed by atoms with Crippen molar-refractivity contribution in [3.8, 4) is 5.75 Å². The van der Waals surface area contributed by atoms with Crippen LogP contribution in [0.15, 0.2) is 42.5 Å². The Balaban J connectivity index is 1.43. The third-order valence-electron chi connectivity index (χ3n) is 5.26. The summed E-state index contributed by atoms with van der Waals surface area (Å²) in [7, 11) is -3.30. The Hall–Kier alpha value is -2.21. The van der Waals surface area contributed by atoms with Crippen LogP contribution < -0.4 is 10.0 Å². The van der Waals surface area contributed by atoms with Gasteiger partial charge in [-0.15, -0.1) is 0 Å². The number of aliphatic hydroxyl groups excluding tert-OH is 2. The van der Waals surface area contributed by atoms with Gasteiger partial charge in [0.25, 0.3) is 0 Å². The van der Waals surface area contributed by atoms with E-state index in [-0.39, 0.29) is 12.4 Å². The fourth-order valence-electron chi connectivity index (χ4n) is 3.45. The Bertz CT molecular complexity index is 986. The molecular weight excluding hydrogens is 472 g/mol. The molecule has 0 saturated heterocycles.